The molecule has 2 atom stereocenters. The third-order valence-electron chi connectivity index (χ3n) is 8.10. The summed E-state index contributed by atoms with van der Waals surface area (Å²) in [6.45, 7) is 4.39. The van der Waals surface area contributed by atoms with Crippen LogP contribution in [0.3, 0.4) is 0 Å². The summed E-state index contributed by atoms with van der Waals surface area (Å²) < 4.78 is 17.0. The van der Waals surface area contributed by atoms with Crippen molar-refractivity contribution in [2.45, 2.75) is 142 Å². The van der Waals surface area contributed by atoms with Crippen molar-refractivity contribution >= 4 is 17.9 Å². The van der Waals surface area contributed by atoms with Crippen molar-refractivity contribution in [3.05, 3.63) is 72.9 Å². The Morgan fingerprint density at radius 3 is 1.71 bits per heavy atom. The Labute approximate surface area is 311 Å². The SMILES string of the molecule is CC/C=C/C/C=C/C/C=C/C/C=C/CCCCCC(=O)OC(COCCC(C(=O)[O-])[N+](C)(C)C)COC(=O)CCCCC/C=C/C=C/CCCC. The number of carbonyl (C=O) groups is 3. The molecule has 0 fully saturated rings. The number of unbranched alkanes of at least 4 members (excludes halogenated alkanes) is 8. The fourth-order valence-corrected chi connectivity index (χ4v) is 5.04. The van der Waals surface area contributed by atoms with E-state index in [4.69, 9.17) is 14.2 Å². The van der Waals surface area contributed by atoms with E-state index in [9.17, 15) is 19.5 Å². The summed E-state index contributed by atoms with van der Waals surface area (Å²) >= 11 is 0. The first-order valence-electron chi connectivity index (χ1n) is 19.5. The predicted octanol–water partition coefficient (Wildman–Crippen LogP) is 8.68. The number of esters is 2. The average Bonchev–Trinajstić information content (AvgIpc) is 3.08. The van der Waals surface area contributed by atoms with Crippen LogP contribution < -0.4 is 5.11 Å². The number of quaternary nitrogens is 1. The second kappa shape index (κ2) is 33.9. The molecular weight excluding hydrogens is 642 g/mol. The van der Waals surface area contributed by atoms with Gasteiger partial charge in [0.15, 0.2) is 6.10 Å². The van der Waals surface area contributed by atoms with Crippen molar-refractivity contribution in [1.82, 2.24) is 0 Å². The van der Waals surface area contributed by atoms with Crippen LogP contribution in [-0.2, 0) is 28.6 Å². The predicted molar refractivity (Wildman–Crippen MR) is 208 cm³/mol. The Morgan fingerprint density at radius 2 is 1.16 bits per heavy atom. The van der Waals surface area contributed by atoms with Gasteiger partial charge in [-0.15, -0.1) is 0 Å². The maximum atomic E-state index is 12.6. The fraction of sp³-hybridized carbons (Fsp3) is 0.651. The zero-order valence-electron chi connectivity index (χ0n) is 32.7. The van der Waals surface area contributed by atoms with Crippen molar-refractivity contribution < 1.29 is 38.2 Å². The summed E-state index contributed by atoms with van der Waals surface area (Å²) in [6, 6.07) is -0.738. The van der Waals surface area contributed by atoms with Gasteiger partial charge >= 0.3 is 11.9 Å². The maximum absolute atomic E-state index is 12.6. The third kappa shape index (κ3) is 32.4. The molecule has 8 heteroatoms. The van der Waals surface area contributed by atoms with Crippen LogP contribution in [0.1, 0.15) is 129 Å². The highest BCUT2D eigenvalue weighted by Crippen LogP contribution is 2.11. The van der Waals surface area contributed by atoms with Crippen LogP contribution >= 0.6 is 0 Å². The molecule has 0 bridgehead atoms. The molecule has 0 saturated carbocycles. The minimum Gasteiger partial charge on any atom is -0.544 e. The first-order valence-corrected chi connectivity index (χ1v) is 19.5. The zero-order valence-corrected chi connectivity index (χ0v) is 32.7. The molecule has 290 valence electrons. The lowest BCUT2D eigenvalue weighted by atomic mass is 10.1. The zero-order chi connectivity index (χ0) is 37.8. The number of aliphatic carboxylic acids is 1. The molecule has 0 spiro atoms. The highest BCUT2D eigenvalue weighted by atomic mass is 16.6. The van der Waals surface area contributed by atoms with Gasteiger partial charge in [-0.25, -0.2) is 0 Å². The molecular formula is C43H71NO7. The van der Waals surface area contributed by atoms with E-state index in [1.54, 1.807) is 21.1 Å². The largest absolute Gasteiger partial charge is 0.544 e. The molecule has 0 saturated heterocycles. The van der Waals surface area contributed by atoms with Crippen LogP contribution in [0.5, 0.6) is 0 Å². The molecule has 0 aromatic rings. The number of ether oxygens (including phenoxy) is 3. The Balaban J connectivity index is 4.53. The lowest BCUT2D eigenvalue weighted by molar-refractivity contribution is -0.889. The highest BCUT2D eigenvalue weighted by Gasteiger charge is 2.25. The van der Waals surface area contributed by atoms with Crippen molar-refractivity contribution in [3.63, 3.8) is 0 Å². The van der Waals surface area contributed by atoms with E-state index in [1.807, 2.05) is 0 Å². The number of nitrogens with zero attached hydrogens (tertiary/aromatic N) is 1. The number of hydrogen-bond acceptors (Lipinski definition) is 7. The molecule has 0 aromatic carbocycles. The lowest BCUT2D eigenvalue weighted by Crippen LogP contribution is -2.55. The summed E-state index contributed by atoms with van der Waals surface area (Å²) in [5.74, 6) is -1.83. The van der Waals surface area contributed by atoms with Gasteiger partial charge in [0.25, 0.3) is 0 Å². The van der Waals surface area contributed by atoms with Crippen molar-refractivity contribution in [3.8, 4) is 0 Å². The summed E-state index contributed by atoms with van der Waals surface area (Å²) in [6.07, 6.45) is 40.7. The van der Waals surface area contributed by atoms with E-state index in [2.05, 4.69) is 86.8 Å². The van der Waals surface area contributed by atoms with E-state index in [-0.39, 0.29) is 49.1 Å². The first-order chi connectivity index (χ1) is 24.6. The van der Waals surface area contributed by atoms with Crippen LogP contribution in [0.2, 0.25) is 0 Å². The molecule has 51 heavy (non-hydrogen) atoms. The van der Waals surface area contributed by atoms with Crippen molar-refractivity contribution in [1.29, 1.82) is 0 Å². The van der Waals surface area contributed by atoms with Gasteiger partial charge in [-0.05, 0) is 70.6 Å². The lowest BCUT2D eigenvalue weighted by Gasteiger charge is -2.34. The highest BCUT2D eigenvalue weighted by molar-refractivity contribution is 5.70. The molecule has 0 aliphatic rings. The first kappa shape index (κ1) is 47.8. The topological polar surface area (TPSA) is 102 Å². The number of hydrogen-bond donors (Lipinski definition) is 0. The average molecular weight is 714 g/mol. The minimum absolute atomic E-state index is 0.0149. The maximum Gasteiger partial charge on any atom is 0.306 e. The molecule has 0 rings (SSSR count). The number of allylic oxidation sites excluding steroid dienone is 12. The standard InChI is InChI=1S/C43H71NO7/c1-6-8-10-12-14-16-18-19-20-21-22-24-26-28-30-32-34-42(46)51-39(37-49-36-35-40(43(47)48)44(3,4)5)38-50-41(45)33-31-29-27-25-23-17-15-13-11-9-7-2/h8,10,13-17,19-20,22-24,39-40H,6-7,9,11-12,18,21,25-38H2,1-5H3/b10-8+,15-13+,16-14+,20-19+,23-17+,24-22+. The Bertz CT molecular complexity index is 1060. The normalized spacial score (nSPS) is 13.8. The van der Waals surface area contributed by atoms with E-state index < -0.39 is 18.1 Å². The van der Waals surface area contributed by atoms with Gasteiger partial charge in [0.1, 0.15) is 12.6 Å². The molecule has 8 nitrogen and oxygen atoms in total. The van der Waals surface area contributed by atoms with E-state index in [0.717, 1.165) is 77.0 Å². The number of likely N-dealkylation sites (N-methyl/N-ethyl adjacent to an activating group) is 1. The third-order valence-corrected chi connectivity index (χ3v) is 8.10. The minimum atomic E-state index is -1.14. The molecule has 0 aliphatic heterocycles. The van der Waals surface area contributed by atoms with Crippen LogP contribution in [0.15, 0.2) is 72.9 Å². The van der Waals surface area contributed by atoms with Crippen LogP contribution in [0, 0.1) is 0 Å². The van der Waals surface area contributed by atoms with Crippen molar-refractivity contribution in [2.24, 2.45) is 0 Å². The summed E-state index contributed by atoms with van der Waals surface area (Å²) in [5.41, 5.74) is 0. The van der Waals surface area contributed by atoms with Crippen LogP contribution in [0.25, 0.3) is 0 Å². The molecule has 0 amide bonds. The fourth-order valence-electron chi connectivity index (χ4n) is 5.04. The van der Waals surface area contributed by atoms with Gasteiger partial charge in [0, 0.05) is 19.3 Å². The molecule has 0 aromatic heterocycles. The van der Waals surface area contributed by atoms with Crippen molar-refractivity contribution in [2.75, 3.05) is 41.0 Å². The Morgan fingerprint density at radius 1 is 0.627 bits per heavy atom. The molecule has 0 aliphatic carbocycles. The summed E-state index contributed by atoms with van der Waals surface area (Å²) in [4.78, 5) is 36.6. The molecule has 2 unspecified atom stereocenters. The Hall–Kier alpha value is -3.23. The number of carbonyl (C=O) groups excluding carboxylic acids is 3. The number of carboxylic acid groups (broad SMARTS) is 1. The van der Waals surface area contributed by atoms with E-state index in [0.29, 0.717) is 12.8 Å². The summed E-state index contributed by atoms with van der Waals surface area (Å²) in [7, 11) is 5.37. The molecule has 0 radical (unpaired) electrons. The number of rotatable bonds is 33. The van der Waals surface area contributed by atoms with E-state index >= 15 is 0 Å². The molecule has 0 N–H and O–H groups in total. The smallest absolute Gasteiger partial charge is 0.306 e. The van der Waals surface area contributed by atoms with Gasteiger partial charge in [0.05, 0.1) is 40.3 Å². The van der Waals surface area contributed by atoms with E-state index in [1.165, 1.54) is 12.8 Å². The number of carboxylic acids is 1. The van der Waals surface area contributed by atoms with Crippen LogP contribution in [-0.4, -0.2) is 75.5 Å². The molecule has 0 heterocycles. The monoisotopic (exact) mass is 714 g/mol. The van der Waals surface area contributed by atoms with Gasteiger partial charge in [-0.2, -0.15) is 0 Å². The van der Waals surface area contributed by atoms with Gasteiger partial charge in [-0.1, -0.05) is 112 Å². The Kier molecular flexibility index (Phi) is 31.7. The van der Waals surface area contributed by atoms with Gasteiger partial charge in [-0.3, -0.25) is 9.59 Å². The second-order valence-corrected chi connectivity index (χ2v) is 13.8. The van der Waals surface area contributed by atoms with Gasteiger partial charge in [0.2, 0.25) is 0 Å². The second-order valence-electron chi connectivity index (χ2n) is 13.8. The quantitative estimate of drug-likeness (QED) is 0.0221. The summed E-state index contributed by atoms with van der Waals surface area (Å²) in [5, 5.41) is 11.6. The van der Waals surface area contributed by atoms with Gasteiger partial charge < -0.3 is 28.6 Å². The van der Waals surface area contributed by atoms with Crippen LogP contribution in [0.4, 0.5) is 0 Å².